The van der Waals surface area contributed by atoms with Crippen LogP contribution in [0.2, 0.25) is 5.02 Å². The molecule has 2 aliphatic rings. The van der Waals surface area contributed by atoms with E-state index in [1.165, 1.54) is 4.57 Å². The Hall–Kier alpha value is -4.91. The molecule has 4 aromatic rings. The lowest BCUT2D eigenvalue weighted by Crippen LogP contribution is -2.39. The highest BCUT2D eigenvalue weighted by Crippen LogP contribution is 2.38. The number of pyridine rings is 1. The number of urea groups is 1. The lowest BCUT2D eigenvalue weighted by molar-refractivity contribution is 0.0360. The molecule has 0 bridgehead atoms. The predicted octanol–water partition coefficient (Wildman–Crippen LogP) is 6.79. The topological polar surface area (TPSA) is 154 Å². The molecule has 2 aromatic carbocycles. The molecule has 13 heteroatoms. The number of benzene rings is 2. The smallest absolute Gasteiger partial charge is 0.320 e. The van der Waals surface area contributed by atoms with Gasteiger partial charge in [0.05, 0.1) is 49.0 Å². The van der Waals surface area contributed by atoms with Crippen LogP contribution in [0.5, 0.6) is 5.75 Å². The third-order valence-electron chi connectivity index (χ3n) is 8.83. The average molecular weight is 715 g/mol. The first-order chi connectivity index (χ1) is 24.5. The van der Waals surface area contributed by atoms with Gasteiger partial charge in [0.25, 0.3) is 0 Å². The summed E-state index contributed by atoms with van der Waals surface area (Å²) in [6, 6.07) is 19.9. The lowest BCUT2D eigenvalue weighted by atomic mass is 9.85. The number of carbonyl (C=O) groups is 1. The molecule has 51 heavy (non-hydrogen) atoms. The molecule has 0 radical (unpaired) electrons. The van der Waals surface area contributed by atoms with Crippen molar-refractivity contribution in [2.45, 2.75) is 57.7 Å². The van der Waals surface area contributed by atoms with Crippen LogP contribution in [0.25, 0.3) is 0 Å². The van der Waals surface area contributed by atoms with Crippen LogP contribution >= 0.6 is 11.6 Å². The van der Waals surface area contributed by atoms with E-state index in [4.69, 9.17) is 42.1 Å². The van der Waals surface area contributed by atoms with E-state index >= 15 is 0 Å². The van der Waals surface area contributed by atoms with Crippen LogP contribution in [0.1, 0.15) is 68.1 Å². The first kappa shape index (κ1) is 37.3. The molecule has 12 nitrogen and oxygen atoms in total. The summed E-state index contributed by atoms with van der Waals surface area (Å²) in [6.07, 6.45) is 3.48. The Morgan fingerprint density at radius 3 is 2.47 bits per heavy atom. The van der Waals surface area contributed by atoms with Crippen molar-refractivity contribution < 1.29 is 19.4 Å². The third kappa shape index (κ3) is 9.46. The number of nitrogens with zero attached hydrogens (tertiary/aromatic N) is 4. The zero-order chi connectivity index (χ0) is 36.5. The van der Waals surface area contributed by atoms with Gasteiger partial charge in [-0.25, -0.2) is 9.48 Å². The number of aliphatic hydroxyl groups is 1. The number of carbonyl (C=O) groups excluding carboxylic acids is 1. The summed E-state index contributed by atoms with van der Waals surface area (Å²) < 4.78 is 15.3. The quantitative estimate of drug-likeness (QED) is 0.0770. The molecule has 2 atom stereocenters. The van der Waals surface area contributed by atoms with E-state index < -0.39 is 0 Å². The van der Waals surface area contributed by atoms with Gasteiger partial charge in [-0.3, -0.25) is 25.6 Å². The fraction of sp³-hybridized carbons (Fsp3) is 0.368. The molecular weight excluding hydrogens is 668 g/mol. The Morgan fingerprint density at radius 2 is 1.76 bits per heavy atom. The van der Waals surface area contributed by atoms with E-state index in [1.54, 1.807) is 30.5 Å². The molecule has 5 N–H and O–H groups in total. The normalized spacial score (nSPS) is 17.3. The number of morpholine rings is 1. The zero-order valence-corrected chi connectivity index (χ0v) is 30.1. The van der Waals surface area contributed by atoms with Gasteiger partial charge >= 0.3 is 6.03 Å². The van der Waals surface area contributed by atoms with E-state index in [0.29, 0.717) is 41.5 Å². The minimum atomic E-state index is -0.285. The van der Waals surface area contributed by atoms with Crippen molar-refractivity contribution in [3.8, 4) is 5.75 Å². The Labute approximate surface area is 303 Å². The van der Waals surface area contributed by atoms with Crippen LogP contribution in [0.3, 0.4) is 0 Å². The Morgan fingerprint density at radius 1 is 1.08 bits per heavy atom. The number of fused-ring (bicyclic) bond motifs is 1. The SMILES string of the molecule is C=CO.CC(C)(C)c1cc(NC(=O)N[C@H]2CC[C@@H](Oc3ccc(=N)n(C(=N)c4ccccc4Cl)c3)c3ccccc32)n(CCN2CCOCC2)n1. The molecule has 2 aromatic heterocycles. The fourth-order valence-electron chi connectivity index (χ4n) is 6.13. The number of halogens is 1. The minimum Gasteiger partial charge on any atom is -0.516 e. The molecule has 0 saturated carbocycles. The Kier molecular flexibility index (Phi) is 12.4. The number of aromatic nitrogens is 3. The number of amides is 2. The van der Waals surface area contributed by atoms with Crippen molar-refractivity contribution in [2.24, 2.45) is 0 Å². The predicted molar refractivity (Wildman–Crippen MR) is 199 cm³/mol. The summed E-state index contributed by atoms with van der Waals surface area (Å²) in [7, 11) is 0. The molecule has 1 saturated heterocycles. The summed E-state index contributed by atoms with van der Waals surface area (Å²) in [5.41, 5.74) is 3.41. The maximum absolute atomic E-state index is 13.5. The second kappa shape index (κ2) is 16.9. The number of hydrogen-bond acceptors (Lipinski definition) is 8. The van der Waals surface area contributed by atoms with Crippen LogP contribution < -0.4 is 20.9 Å². The van der Waals surface area contributed by atoms with Crippen molar-refractivity contribution in [3.63, 3.8) is 0 Å². The summed E-state index contributed by atoms with van der Waals surface area (Å²) >= 11 is 6.35. The van der Waals surface area contributed by atoms with Crippen molar-refractivity contribution in [3.05, 3.63) is 119 Å². The number of rotatable bonds is 8. The second-order valence-electron chi connectivity index (χ2n) is 13.4. The molecule has 1 aliphatic carbocycles. The Balaban J connectivity index is 0.00000162. The van der Waals surface area contributed by atoms with Gasteiger partial charge in [0.15, 0.2) is 0 Å². The van der Waals surface area contributed by atoms with Crippen LogP contribution in [-0.4, -0.2) is 69.1 Å². The molecule has 3 heterocycles. The average Bonchev–Trinajstić information content (AvgIpc) is 3.53. The molecular formula is C38H47ClN8O4. The molecule has 0 spiro atoms. The van der Waals surface area contributed by atoms with E-state index in [-0.39, 0.29) is 34.9 Å². The van der Waals surface area contributed by atoms with E-state index in [9.17, 15) is 4.79 Å². The second-order valence-corrected chi connectivity index (χ2v) is 13.8. The van der Waals surface area contributed by atoms with Gasteiger partial charge in [-0.05, 0) is 48.2 Å². The lowest BCUT2D eigenvalue weighted by Gasteiger charge is -2.32. The van der Waals surface area contributed by atoms with E-state index in [2.05, 4.69) is 42.9 Å². The van der Waals surface area contributed by atoms with Crippen LogP contribution in [0.4, 0.5) is 10.6 Å². The third-order valence-corrected chi connectivity index (χ3v) is 9.16. The van der Waals surface area contributed by atoms with Crippen molar-refractivity contribution in [1.29, 1.82) is 10.8 Å². The number of aliphatic hydroxyl groups excluding tert-OH is 1. The monoisotopic (exact) mass is 714 g/mol. The maximum atomic E-state index is 13.5. The van der Waals surface area contributed by atoms with Crippen molar-refractivity contribution >= 4 is 29.3 Å². The fourth-order valence-corrected chi connectivity index (χ4v) is 6.36. The van der Waals surface area contributed by atoms with Gasteiger partial charge in [0, 0.05) is 36.7 Å². The van der Waals surface area contributed by atoms with Gasteiger partial charge in [-0.15, -0.1) is 0 Å². The standard InChI is InChI=1S/C36H43ClN8O3.C2H4O/c1-36(2,3)31-22-33(45(42-31)17-16-43-18-20-47-21-19-43)41-35(46)40-29-13-14-30(26-9-5-4-8-25(26)29)48-24-12-15-32(38)44(23-24)34(39)27-10-6-7-11-28(27)37;1-2-3/h4-12,15,22-23,29-30,38-39H,13-14,16-21H2,1-3H3,(H2,40,41,46);2-3H,1H2/t29-,30+;/m0./s1. The first-order valence-electron chi connectivity index (χ1n) is 17.1. The van der Waals surface area contributed by atoms with Crippen LogP contribution in [0, 0.1) is 10.8 Å². The van der Waals surface area contributed by atoms with E-state index in [0.717, 1.165) is 55.9 Å². The van der Waals surface area contributed by atoms with Crippen LogP contribution in [0.15, 0.2) is 85.8 Å². The van der Waals surface area contributed by atoms with Crippen molar-refractivity contribution in [2.75, 3.05) is 38.2 Å². The Bertz CT molecular complexity index is 1890. The number of hydrogen-bond donors (Lipinski definition) is 5. The van der Waals surface area contributed by atoms with Crippen molar-refractivity contribution in [1.82, 2.24) is 24.6 Å². The molecule has 0 unspecified atom stereocenters. The highest BCUT2D eigenvalue weighted by molar-refractivity contribution is 6.34. The maximum Gasteiger partial charge on any atom is 0.320 e. The highest BCUT2D eigenvalue weighted by Gasteiger charge is 2.30. The van der Waals surface area contributed by atoms with Gasteiger partial charge in [-0.2, -0.15) is 5.10 Å². The number of nitrogens with one attached hydrogen (secondary N) is 4. The summed E-state index contributed by atoms with van der Waals surface area (Å²) in [4.78, 5) is 15.8. The van der Waals surface area contributed by atoms with Crippen LogP contribution in [-0.2, 0) is 16.7 Å². The van der Waals surface area contributed by atoms with E-state index in [1.807, 2.05) is 47.1 Å². The zero-order valence-electron chi connectivity index (χ0n) is 29.4. The van der Waals surface area contributed by atoms with Gasteiger partial charge in [0.1, 0.15) is 29.0 Å². The molecule has 1 aliphatic heterocycles. The molecule has 1 fully saturated rings. The number of ether oxygens (including phenoxy) is 2. The van der Waals surface area contributed by atoms with Gasteiger partial charge in [0.2, 0.25) is 0 Å². The summed E-state index contributed by atoms with van der Waals surface area (Å²) in [5.74, 6) is 1.30. The molecule has 270 valence electrons. The largest absolute Gasteiger partial charge is 0.516 e. The van der Waals surface area contributed by atoms with Gasteiger partial charge in [-0.1, -0.05) is 75.3 Å². The summed E-state index contributed by atoms with van der Waals surface area (Å²) in [5, 5.41) is 36.0. The minimum absolute atomic E-state index is 0.0902. The highest BCUT2D eigenvalue weighted by atomic mass is 35.5. The van der Waals surface area contributed by atoms with Gasteiger partial charge < -0.3 is 19.9 Å². The molecule has 2 amide bonds. The summed E-state index contributed by atoms with van der Waals surface area (Å²) in [6.45, 7) is 14.0. The number of anilines is 1. The molecule has 6 rings (SSSR count). The first-order valence-corrected chi connectivity index (χ1v) is 17.4.